The molecule has 0 aromatic heterocycles. The SMILES string of the molecule is C[C@]12CC[C@@H]3c4ccc(O)cc4CC[C@H]3[C@@H]1CC=I2. The fraction of sp³-hybridized carbons (Fsp3) is 0.588. The molecule has 1 N–H and O–H groups in total. The molecule has 0 bridgehead atoms. The Morgan fingerprint density at radius 3 is 3.11 bits per heavy atom. The Balaban J connectivity index is 1.73. The second-order valence-corrected chi connectivity index (χ2v) is 10.6. The van der Waals surface area contributed by atoms with Crippen LogP contribution in [0.3, 0.4) is 0 Å². The van der Waals surface area contributed by atoms with Crippen molar-refractivity contribution in [3.63, 3.8) is 0 Å². The lowest BCUT2D eigenvalue weighted by Gasteiger charge is -2.48. The van der Waals surface area contributed by atoms with Crippen LogP contribution < -0.4 is 0 Å². The minimum atomic E-state index is 0.325. The average Bonchev–Trinajstić information content (AvgIpc) is 2.79. The van der Waals surface area contributed by atoms with Gasteiger partial charge in [-0.3, -0.25) is 0 Å². The summed E-state index contributed by atoms with van der Waals surface area (Å²) in [5.74, 6) is 3.09. The minimum Gasteiger partial charge on any atom is -0.508 e. The molecule has 2 heteroatoms. The maximum Gasteiger partial charge on any atom is 0.115 e. The van der Waals surface area contributed by atoms with Crippen molar-refractivity contribution >= 4 is 24.7 Å². The van der Waals surface area contributed by atoms with Crippen molar-refractivity contribution < 1.29 is 5.11 Å². The zero-order valence-corrected chi connectivity index (χ0v) is 13.6. The van der Waals surface area contributed by atoms with E-state index in [9.17, 15) is 5.11 Å². The van der Waals surface area contributed by atoms with E-state index in [0.29, 0.717) is 29.9 Å². The first-order valence-corrected chi connectivity index (χ1v) is 9.78. The second-order valence-electron chi connectivity index (χ2n) is 6.61. The highest BCUT2D eigenvalue weighted by molar-refractivity contribution is 14.2. The van der Waals surface area contributed by atoms with Crippen molar-refractivity contribution in [2.45, 2.75) is 48.4 Å². The molecular formula is C17H21IO. The molecule has 0 radical (unpaired) electrons. The molecule has 0 unspecified atom stereocenters. The number of benzene rings is 1. The van der Waals surface area contributed by atoms with Crippen molar-refractivity contribution in [3.8, 4) is 5.75 Å². The van der Waals surface area contributed by atoms with Crippen LogP contribution in [0.25, 0.3) is 0 Å². The maximum atomic E-state index is 9.67. The summed E-state index contributed by atoms with van der Waals surface area (Å²) >= 11 is 0.325. The number of rotatable bonds is 0. The molecular weight excluding hydrogens is 347 g/mol. The summed E-state index contributed by atoms with van der Waals surface area (Å²) in [7, 11) is 0. The smallest absolute Gasteiger partial charge is 0.115 e. The molecule has 4 rings (SSSR count). The molecule has 1 aromatic rings. The maximum absolute atomic E-state index is 9.67. The van der Waals surface area contributed by atoms with Gasteiger partial charge in [-0.1, -0.05) is 17.0 Å². The fourth-order valence-electron chi connectivity index (χ4n) is 4.72. The number of aromatic hydroxyl groups is 1. The van der Waals surface area contributed by atoms with Gasteiger partial charge >= 0.3 is 0 Å². The first-order valence-electron chi connectivity index (χ1n) is 7.45. The Morgan fingerprint density at radius 1 is 1.32 bits per heavy atom. The average molecular weight is 368 g/mol. The standard InChI is InChI=1S/C17H21IO/c1-17-8-6-14-13-5-3-12(19)10-11(13)2-4-15(14)16(17)7-9-18-17/h3,5,9-10,14-16,19H,2,4,6-8H2,1H3/t14-,15-,16+,17+/m1/s1. The summed E-state index contributed by atoms with van der Waals surface area (Å²) in [5.41, 5.74) is 2.97. The van der Waals surface area contributed by atoms with Crippen LogP contribution in [0, 0.1) is 11.8 Å². The third-order valence-corrected chi connectivity index (χ3v) is 9.40. The Bertz CT molecular complexity index is 550. The van der Waals surface area contributed by atoms with Crippen molar-refractivity contribution in [1.82, 2.24) is 0 Å². The molecule has 0 amide bonds. The largest absolute Gasteiger partial charge is 0.508 e. The quantitative estimate of drug-likeness (QED) is 0.532. The van der Waals surface area contributed by atoms with Crippen LogP contribution in [0.1, 0.15) is 49.7 Å². The Labute approximate surface area is 125 Å². The van der Waals surface area contributed by atoms with E-state index in [0.717, 1.165) is 17.8 Å². The van der Waals surface area contributed by atoms with Gasteiger partial charge < -0.3 is 5.11 Å². The van der Waals surface area contributed by atoms with E-state index in [1.165, 1.54) is 37.7 Å². The van der Waals surface area contributed by atoms with Gasteiger partial charge in [-0.15, -0.1) is 20.7 Å². The number of aryl methyl sites for hydroxylation is 1. The number of phenols is 1. The number of hydrogen-bond acceptors (Lipinski definition) is 1. The number of phenolic OH excluding ortho intramolecular Hbond substituents is 1. The molecule has 4 atom stereocenters. The lowest BCUT2D eigenvalue weighted by Crippen LogP contribution is -2.42. The molecule has 19 heavy (non-hydrogen) atoms. The molecule has 1 heterocycles. The van der Waals surface area contributed by atoms with Gasteiger partial charge in [-0.05, 0) is 73.1 Å². The second kappa shape index (κ2) is 4.31. The third-order valence-electron chi connectivity index (χ3n) is 5.69. The predicted octanol–water partition coefficient (Wildman–Crippen LogP) is 4.38. The molecule has 1 fully saturated rings. The summed E-state index contributed by atoms with van der Waals surface area (Å²) in [6.45, 7) is 2.57. The molecule has 3 aliphatic rings. The first-order chi connectivity index (χ1) is 9.17. The zero-order valence-electron chi connectivity index (χ0n) is 11.4. The van der Waals surface area contributed by atoms with E-state index in [2.05, 4.69) is 17.0 Å². The van der Waals surface area contributed by atoms with Gasteiger partial charge in [0, 0.05) is 3.42 Å². The van der Waals surface area contributed by atoms with Gasteiger partial charge in [-0.25, -0.2) is 0 Å². The van der Waals surface area contributed by atoms with Crippen molar-refractivity contribution in [3.05, 3.63) is 29.3 Å². The van der Waals surface area contributed by atoms with Gasteiger partial charge in [0.25, 0.3) is 0 Å². The number of halogens is 1. The molecule has 0 spiro atoms. The van der Waals surface area contributed by atoms with Gasteiger partial charge in [0.1, 0.15) is 5.75 Å². The van der Waals surface area contributed by atoms with Gasteiger partial charge in [0.05, 0.1) is 0 Å². The van der Waals surface area contributed by atoms with Crippen molar-refractivity contribution in [2.75, 3.05) is 0 Å². The summed E-state index contributed by atoms with van der Waals surface area (Å²) in [4.78, 5) is 0. The number of alkyl halides is 1. The number of fused-ring (bicyclic) bond motifs is 5. The van der Waals surface area contributed by atoms with E-state index in [-0.39, 0.29) is 0 Å². The topological polar surface area (TPSA) is 20.2 Å². The lowest BCUT2D eigenvalue weighted by molar-refractivity contribution is 0.160. The van der Waals surface area contributed by atoms with Gasteiger partial charge in [-0.2, -0.15) is 0 Å². The van der Waals surface area contributed by atoms with Crippen LogP contribution >= 0.6 is 20.7 Å². The van der Waals surface area contributed by atoms with Crippen LogP contribution in [0.5, 0.6) is 5.75 Å². The summed E-state index contributed by atoms with van der Waals surface area (Å²) in [6, 6.07) is 6.10. The molecule has 1 saturated carbocycles. The van der Waals surface area contributed by atoms with Crippen LogP contribution in [0.2, 0.25) is 0 Å². The molecule has 1 aliphatic heterocycles. The Hall–Kier alpha value is -0.380. The summed E-state index contributed by atoms with van der Waals surface area (Å²) in [5, 5.41) is 9.67. The van der Waals surface area contributed by atoms with E-state index < -0.39 is 0 Å². The normalized spacial score (nSPS) is 39.9. The third kappa shape index (κ3) is 1.82. The van der Waals surface area contributed by atoms with Crippen LogP contribution in [0.4, 0.5) is 0 Å². The fourth-order valence-corrected chi connectivity index (χ4v) is 8.33. The van der Waals surface area contributed by atoms with Gasteiger partial charge in [0.2, 0.25) is 0 Å². The Morgan fingerprint density at radius 2 is 2.21 bits per heavy atom. The Kier molecular flexibility index (Phi) is 2.80. The predicted molar refractivity (Wildman–Crippen MR) is 88.5 cm³/mol. The van der Waals surface area contributed by atoms with Crippen molar-refractivity contribution in [2.24, 2.45) is 11.8 Å². The van der Waals surface area contributed by atoms with E-state index in [1.54, 1.807) is 5.56 Å². The molecule has 102 valence electrons. The van der Waals surface area contributed by atoms with E-state index in [4.69, 9.17) is 0 Å². The summed E-state index contributed by atoms with van der Waals surface area (Å²) < 4.78 is 3.35. The van der Waals surface area contributed by atoms with E-state index in [1.807, 2.05) is 12.1 Å². The van der Waals surface area contributed by atoms with Crippen LogP contribution in [-0.4, -0.2) is 12.5 Å². The zero-order chi connectivity index (χ0) is 13.0. The molecule has 1 nitrogen and oxygen atoms in total. The molecule has 0 saturated heterocycles. The lowest BCUT2D eigenvalue weighted by atomic mass is 9.60. The monoisotopic (exact) mass is 368 g/mol. The summed E-state index contributed by atoms with van der Waals surface area (Å²) in [6.07, 6.45) is 6.72. The first kappa shape index (κ1) is 12.4. The van der Waals surface area contributed by atoms with Crippen LogP contribution in [-0.2, 0) is 6.42 Å². The highest BCUT2D eigenvalue weighted by atomic mass is 127. The van der Waals surface area contributed by atoms with E-state index >= 15 is 0 Å². The minimum absolute atomic E-state index is 0.325. The highest BCUT2D eigenvalue weighted by Gasteiger charge is 2.48. The van der Waals surface area contributed by atoms with Crippen molar-refractivity contribution in [1.29, 1.82) is 0 Å². The molecule has 2 aliphatic carbocycles. The highest BCUT2D eigenvalue weighted by Crippen LogP contribution is 2.58. The van der Waals surface area contributed by atoms with Gasteiger partial charge in [0.15, 0.2) is 0 Å². The molecule has 1 aromatic carbocycles. The number of hydrogen-bond donors (Lipinski definition) is 1. The van der Waals surface area contributed by atoms with Crippen LogP contribution in [0.15, 0.2) is 18.2 Å².